The van der Waals surface area contributed by atoms with E-state index in [1.807, 2.05) is 12.1 Å². The molecule has 6 heteroatoms. The van der Waals surface area contributed by atoms with Gasteiger partial charge in [0.25, 0.3) is 0 Å². The number of nitrogen functional groups attached to an aromatic ring is 2. The molecule has 2 heterocycles. The highest BCUT2D eigenvalue weighted by Gasteiger charge is 2.07. The fraction of sp³-hybridized carbons (Fsp3) is 0.0714. The zero-order valence-electron chi connectivity index (χ0n) is 10.5. The van der Waals surface area contributed by atoms with Gasteiger partial charge in [0.05, 0.1) is 11.9 Å². The number of aromatic nitrogens is 3. The Morgan fingerprint density at radius 3 is 2.75 bits per heavy atom. The Bertz CT molecular complexity index is 788. The summed E-state index contributed by atoms with van der Waals surface area (Å²) in [6.45, 7) is 0. The number of benzene rings is 1. The van der Waals surface area contributed by atoms with Crippen molar-refractivity contribution in [3.63, 3.8) is 0 Å². The summed E-state index contributed by atoms with van der Waals surface area (Å²) in [7, 11) is 0. The number of hydrogen-bond acceptors (Lipinski definition) is 5. The minimum atomic E-state index is -0.352. The van der Waals surface area contributed by atoms with Gasteiger partial charge in [-0.15, -0.1) is 0 Å². The lowest BCUT2D eigenvalue weighted by molar-refractivity contribution is 0.635. The van der Waals surface area contributed by atoms with E-state index in [1.54, 1.807) is 12.3 Å². The van der Waals surface area contributed by atoms with E-state index in [-0.39, 0.29) is 17.5 Å². The van der Waals surface area contributed by atoms with Crippen LogP contribution in [0.1, 0.15) is 11.3 Å². The van der Waals surface area contributed by atoms with Crippen LogP contribution in [0, 0.1) is 5.82 Å². The topological polar surface area (TPSA) is 90.7 Å². The van der Waals surface area contributed by atoms with Gasteiger partial charge in [-0.3, -0.25) is 4.98 Å². The van der Waals surface area contributed by atoms with E-state index in [0.717, 1.165) is 10.9 Å². The fourth-order valence-electron chi connectivity index (χ4n) is 2.05. The molecule has 1 aromatic carbocycles. The summed E-state index contributed by atoms with van der Waals surface area (Å²) >= 11 is 0. The molecule has 0 bridgehead atoms. The van der Waals surface area contributed by atoms with Crippen LogP contribution in [0.25, 0.3) is 10.9 Å². The monoisotopic (exact) mass is 269 g/mol. The van der Waals surface area contributed by atoms with Crippen molar-refractivity contribution in [2.45, 2.75) is 6.42 Å². The van der Waals surface area contributed by atoms with Crippen molar-refractivity contribution in [1.29, 1.82) is 0 Å². The third kappa shape index (κ3) is 2.23. The molecule has 0 amide bonds. The summed E-state index contributed by atoms with van der Waals surface area (Å²) < 4.78 is 13.9. The van der Waals surface area contributed by atoms with Gasteiger partial charge in [-0.2, -0.15) is 0 Å². The maximum absolute atomic E-state index is 13.9. The molecule has 0 unspecified atom stereocenters. The van der Waals surface area contributed by atoms with Gasteiger partial charge in [-0.25, -0.2) is 14.4 Å². The van der Waals surface area contributed by atoms with Crippen LogP contribution < -0.4 is 11.5 Å². The van der Waals surface area contributed by atoms with Gasteiger partial charge in [0.1, 0.15) is 11.3 Å². The molecule has 100 valence electrons. The highest BCUT2D eigenvalue weighted by Crippen LogP contribution is 2.20. The molecule has 0 saturated carbocycles. The van der Waals surface area contributed by atoms with E-state index >= 15 is 0 Å². The Labute approximate surface area is 114 Å². The van der Waals surface area contributed by atoms with Crippen molar-refractivity contribution >= 4 is 22.5 Å². The molecule has 3 rings (SSSR count). The Morgan fingerprint density at radius 1 is 1.10 bits per heavy atom. The molecule has 0 fully saturated rings. The van der Waals surface area contributed by atoms with Crippen LogP contribution in [0.15, 0.2) is 36.7 Å². The lowest BCUT2D eigenvalue weighted by Crippen LogP contribution is -2.04. The summed E-state index contributed by atoms with van der Waals surface area (Å²) in [4.78, 5) is 12.1. The van der Waals surface area contributed by atoms with Crippen molar-refractivity contribution < 1.29 is 4.39 Å². The van der Waals surface area contributed by atoms with Gasteiger partial charge in [0.2, 0.25) is 0 Å². The number of anilines is 2. The highest BCUT2D eigenvalue weighted by molar-refractivity contribution is 5.79. The van der Waals surface area contributed by atoms with Crippen molar-refractivity contribution in [1.82, 2.24) is 15.0 Å². The second kappa shape index (κ2) is 4.73. The molecule has 0 saturated heterocycles. The van der Waals surface area contributed by atoms with Gasteiger partial charge in [-0.1, -0.05) is 6.07 Å². The molecule has 3 aromatic rings. The van der Waals surface area contributed by atoms with Crippen molar-refractivity contribution in [2.24, 2.45) is 0 Å². The number of rotatable bonds is 2. The van der Waals surface area contributed by atoms with Crippen molar-refractivity contribution in [2.75, 3.05) is 11.5 Å². The van der Waals surface area contributed by atoms with Gasteiger partial charge in [-0.05, 0) is 23.8 Å². The van der Waals surface area contributed by atoms with Crippen LogP contribution in [-0.2, 0) is 6.42 Å². The second-order valence-electron chi connectivity index (χ2n) is 4.46. The molecular weight excluding hydrogens is 257 g/mol. The zero-order chi connectivity index (χ0) is 14.1. The third-order valence-electron chi connectivity index (χ3n) is 2.98. The number of halogens is 1. The first-order valence-electron chi connectivity index (χ1n) is 6.03. The molecule has 5 nitrogen and oxygen atoms in total. The van der Waals surface area contributed by atoms with Crippen LogP contribution in [0.3, 0.4) is 0 Å². The lowest BCUT2D eigenvalue weighted by Gasteiger charge is -2.06. The molecule has 20 heavy (non-hydrogen) atoms. The van der Waals surface area contributed by atoms with Crippen LogP contribution in [-0.4, -0.2) is 15.0 Å². The highest BCUT2D eigenvalue weighted by atomic mass is 19.1. The van der Waals surface area contributed by atoms with E-state index < -0.39 is 0 Å². The van der Waals surface area contributed by atoms with Crippen LogP contribution in [0.2, 0.25) is 0 Å². The normalized spacial score (nSPS) is 10.8. The Morgan fingerprint density at radius 2 is 1.95 bits per heavy atom. The second-order valence-corrected chi connectivity index (χ2v) is 4.46. The Kier molecular flexibility index (Phi) is 2.90. The summed E-state index contributed by atoms with van der Waals surface area (Å²) in [6, 6.07) is 6.91. The minimum Gasteiger partial charge on any atom is -0.381 e. The van der Waals surface area contributed by atoms with E-state index in [4.69, 9.17) is 11.5 Å². The number of hydrogen-bond donors (Lipinski definition) is 2. The molecule has 0 aliphatic heterocycles. The van der Waals surface area contributed by atoms with E-state index in [1.165, 1.54) is 12.3 Å². The first-order chi connectivity index (χ1) is 9.63. The van der Waals surface area contributed by atoms with Gasteiger partial charge < -0.3 is 11.5 Å². The average molecular weight is 269 g/mol. The molecule has 0 atom stereocenters. The molecule has 0 spiro atoms. The van der Waals surface area contributed by atoms with Crippen molar-refractivity contribution in [3.8, 4) is 0 Å². The zero-order valence-corrected chi connectivity index (χ0v) is 10.5. The predicted octanol–water partition coefficient (Wildman–Crippen LogP) is 1.92. The van der Waals surface area contributed by atoms with E-state index in [9.17, 15) is 4.39 Å². The third-order valence-corrected chi connectivity index (χ3v) is 2.98. The lowest BCUT2D eigenvalue weighted by atomic mass is 10.1. The van der Waals surface area contributed by atoms with E-state index in [2.05, 4.69) is 15.0 Å². The fourth-order valence-corrected chi connectivity index (χ4v) is 2.05. The molecule has 2 aromatic heterocycles. The number of fused-ring (bicyclic) bond motifs is 1. The maximum Gasteiger partial charge on any atom is 0.166 e. The van der Waals surface area contributed by atoms with Gasteiger partial charge in [0, 0.05) is 18.0 Å². The summed E-state index contributed by atoms with van der Waals surface area (Å²) in [5.41, 5.74) is 12.9. The molecular formula is C14H12FN5. The standard InChI is InChI=1S/C14H12FN5/c15-11-6-8(4-9-2-1-3-18-12(9)11)5-10-7-19-13(16)14(17)20-10/h1-4,6-7H,5H2,(H2,16,19)(H2,17,20). The summed E-state index contributed by atoms with van der Waals surface area (Å²) in [5.74, 6) is 0.0301. The van der Waals surface area contributed by atoms with E-state index in [0.29, 0.717) is 17.6 Å². The first-order valence-corrected chi connectivity index (χ1v) is 6.03. The largest absolute Gasteiger partial charge is 0.381 e. The van der Waals surface area contributed by atoms with Gasteiger partial charge in [0.15, 0.2) is 11.6 Å². The SMILES string of the molecule is Nc1ncc(Cc2cc(F)c3ncccc3c2)nc1N. The molecule has 0 aliphatic rings. The average Bonchev–Trinajstić information content (AvgIpc) is 2.43. The summed E-state index contributed by atoms with van der Waals surface area (Å²) in [6.07, 6.45) is 3.54. The summed E-state index contributed by atoms with van der Waals surface area (Å²) in [5, 5.41) is 0.749. The molecule has 4 N–H and O–H groups in total. The van der Waals surface area contributed by atoms with Gasteiger partial charge >= 0.3 is 0 Å². The first kappa shape index (κ1) is 12.3. The molecule has 0 aliphatic carbocycles. The van der Waals surface area contributed by atoms with Crippen LogP contribution in [0.4, 0.5) is 16.0 Å². The Balaban J connectivity index is 2.00. The quantitative estimate of drug-likeness (QED) is 0.741. The van der Waals surface area contributed by atoms with Crippen molar-refractivity contribution in [3.05, 3.63) is 53.7 Å². The minimum absolute atomic E-state index is 0.186. The smallest absolute Gasteiger partial charge is 0.166 e. The number of pyridine rings is 1. The number of nitrogens with two attached hydrogens (primary N) is 2. The predicted molar refractivity (Wildman–Crippen MR) is 75.4 cm³/mol. The Hall–Kier alpha value is -2.76. The van der Waals surface area contributed by atoms with Crippen LogP contribution >= 0.6 is 0 Å². The number of nitrogens with zero attached hydrogens (tertiary/aromatic N) is 3. The maximum atomic E-state index is 13.9. The van der Waals surface area contributed by atoms with Crippen LogP contribution in [0.5, 0.6) is 0 Å². The molecule has 0 radical (unpaired) electrons.